The van der Waals surface area contributed by atoms with Crippen molar-refractivity contribution in [3.8, 4) is 0 Å². The quantitative estimate of drug-likeness (QED) is 0.775. The monoisotopic (exact) mass is 257 g/mol. The van der Waals surface area contributed by atoms with E-state index in [-0.39, 0.29) is 0 Å². The summed E-state index contributed by atoms with van der Waals surface area (Å²) >= 11 is 7.90. The molecule has 1 unspecified atom stereocenters. The van der Waals surface area contributed by atoms with Crippen LogP contribution in [0.25, 0.3) is 0 Å². The molecule has 0 spiro atoms. The Morgan fingerprint density at radius 1 is 1.56 bits per heavy atom. The van der Waals surface area contributed by atoms with E-state index in [1.807, 2.05) is 6.07 Å². The normalized spacial score (nSPS) is 17.6. The molecule has 1 atom stereocenters. The summed E-state index contributed by atoms with van der Waals surface area (Å²) in [7, 11) is 0. The molecule has 0 radical (unpaired) electrons. The van der Waals surface area contributed by atoms with Gasteiger partial charge in [-0.05, 0) is 56.0 Å². The topological polar surface area (TPSA) is 12.0 Å². The Balaban J connectivity index is 1.79. The lowest BCUT2D eigenvalue weighted by atomic mass is 10.1. The molecule has 0 aliphatic heterocycles. The minimum atomic E-state index is 0.720. The van der Waals surface area contributed by atoms with Gasteiger partial charge >= 0.3 is 0 Å². The Kier molecular flexibility index (Phi) is 4.68. The van der Waals surface area contributed by atoms with Crippen molar-refractivity contribution in [1.29, 1.82) is 0 Å². The Bertz CT molecular complexity index is 319. The van der Waals surface area contributed by atoms with Crippen molar-refractivity contribution in [2.75, 3.05) is 6.54 Å². The van der Waals surface area contributed by atoms with Crippen LogP contribution in [-0.4, -0.2) is 12.6 Å². The van der Waals surface area contributed by atoms with Gasteiger partial charge in [0.05, 0.1) is 5.02 Å². The molecule has 1 heterocycles. The van der Waals surface area contributed by atoms with Crippen LogP contribution >= 0.6 is 22.9 Å². The average molecular weight is 258 g/mol. The van der Waals surface area contributed by atoms with Crippen molar-refractivity contribution in [1.82, 2.24) is 5.32 Å². The third kappa shape index (κ3) is 3.47. The molecule has 1 nitrogen and oxygen atoms in total. The smallest absolute Gasteiger partial charge is 0.0544 e. The fraction of sp³-hybridized carbons (Fsp3) is 0.692. The summed E-state index contributed by atoms with van der Waals surface area (Å²) in [5.41, 5.74) is 0. The van der Waals surface area contributed by atoms with Gasteiger partial charge in [-0.2, -0.15) is 0 Å². The van der Waals surface area contributed by atoms with Crippen LogP contribution in [0.4, 0.5) is 0 Å². The van der Waals surface area contributed by atoms with Crippen LogP contribution < -0.4 is 5.32 Å². The summed E-state index contributed by atoms with van der Waals surface area (Å²) in [5.74, 6) is 0.935. The Hall–Kier alpha value is -0.0500. The summed E-state index contributed by atoms with van der Waals surface area (Å²) in [4.78, 5) is 1.35. The van der Waals surface area contributed by atoms with Crippen LogP contribution in [0.15, 0.2) is 11.4 Å². The third-order valence-corrected chi connectivity index (χ3v) is 4.67. The van der Waals surface area contributed by atoms with E-state index in [0.29, 0.717) is 0 Å². The predicted octanol–water partition coefficient (Wildman–Crippen LogP) is 4.11. The van der Waals surface area contributed by atoms with Crippen molar-refractivity contribution >= 4 is 22.9 Å². The first-order valence-corrected chi connectivity index (χ1v) is 7.52. The summed E-state index contributed by atoms with van der Waals surface area (Å²) in [6.45, 7) is 3.38. The lowest BCUT2D eigenvalue weighted by Crippen LogP contribution is -2.32. The number of rotatable bonds is 7. The average Bonchev–Trinajstić information content (AvgIpc) is 3.04. The molecule has 1 fully saturated rings. The first kappa shape index (κ1) is 12.4. The van der Waals surface area contributed by atoms with E-state index >= 15 is 0 Å². The Labute approximate surface area is 107 Å². The fourth-order valence-corrected chi connectivity index (χ4v) is 3.27. The fourth-order valence-electron chi connectivity index (χ4n) is 2.12. The van der Waals surface area contributed by atoms with E-state index in [1.165, 1.54) is 30.6 Å². The van der Waals surface area contributed by atoms with Crippen LogP contribution in [-0.2, 0) is 6.42 Å². The molecule has 2 rings (SSSR count). The molecular formula is C13H20ClNS. The van der Waals surface area contributed by atoms with E-state index in [0.717, 1.165) is 29.9 Å². The molecule has 0 saturated heterocycles. The third-order valence-electron chi connectivity index (χ3n) is 3.22. The largest absolute Gasteiger partial charge is 0.314 e. The van der Waals surface area contributed by atoms with Gasteiger partial charge < -0.3 is 5.32 Å². The highest BCUT2D eigenvalue weighted by Crippen LogP contribution is 2.35. The molecule has 1 aliphatic carbocycles. The molecule has 1 N–H and O–H groups in total. The first-order chi connectivity index (χ1) is 7.81. The molecule has 0 aromatic carbocycles. The zero-order valence-electron chi connectivity index (χ0n) is 9.84. The molecular weight excluding hydrogens is 238 g/mol. The molecule has 1 saturated carbocycles. The Morgan fingerprint density at radius 2 is 2.38 bits per heavy atom. The maximum Gasteiger partial charge on any atom is 0.0544 e. The van der Waals surface area contributed by atoms with E-state index in [2.05, 4.69) is 17.6 Å². The molecule has 1 aliphatic rings. The van der Waals surface area contributed by atoms with Crippen molar-refractivity contribution in [2.24, 2.45) is 5.92 Å². The number of nitrogens with one attached hydrogen (secondary N) is 1. The van der Waals surface area contributed by atoms with Gasteiger partial charge in [0, 0.05) is 10.9 Å². The summed E-state index contributed by atoms with van der Waals surface area (Å²) in [6, 6.07) is 2.73. The van der Waals surface area contributed by atoms with E-state index in [9.17, 15) is 0 Å². The van der Waals surface area contributed by atoms with Crippen molar-refractivity contribution in [3.05, 3.63) is 21.3 Å². The van der Waals surface area contributed by atoms with E-state index in [1.54, 1.807) is 11.3 Å². The molecule has 1 aromatic rings. The van der Waals surface area contributed by atoms with Crippen LogP contribution in [0, 0.1) is 5.92 Å². The van der Waals surface area contributed by atoms with Gasteiger partial charge in [-0.25, -0.2) is 0 Å². The second-order valence-corrected chi connectivity index (χ2v) is 6.04. The zero-order chi connectivity index (χ0) is 11.4. The highest BCUT2D eigenvalue weighted by molar-refractivity contribution is 7.10. The second-order valence-electron chi connectivity index (χ2n) is 4.63. The maximum atomic E-state index is 6.11. The zero-order valence-corrected chi connectivity index (χ0v) is 11.4. The van der Waals surface area contributed by atoms with Gasteiger partial charge in [0.25, 0.3) is 0 Å². The number of thiophene rings is 1. The lowest BCUT2D eigenvalue weighted by Gasteiger charge is -2.17. The van der Waals surface area contributed by atoms with Crippen LogP contribution in [0.3, 0.4) is 0 Å². The molecule has 0 bridgehead atoms. The van der Waals surface area contributed by atoms with Crippen molar-refractivity contribution < 1.29 is 0 Å². The van der Waals surface area contributed by atoms with Crippen LogP contribution in [0.5, 0.6) is 0 Å². The van der Waals surface area contributed by atoms with Gasteiger partial charge in [0.1, 0.15) is 0 Å². The number of aryl methyl sites for hydroxylation is 1. The van der Waals surface area contributed by atoms with E-state index < -0.39 is 0 Å². The summed E-state index contributed by atoms with van der Waals surface area (Å²) in [5, 5.41) is 6.72. The standard InChI is InChI=1S/C13H20ClNS/c1-2-8-15-12(10-3-4-10)5-6-13-11(14)7-9-16-13/h7,9-10,12,15H,2-6,8H2,1H3. The van der Waals surface area contributed by atoms with Crippen LogP contribution in [0.1, 0.15) is 37.5 Å². The molecule has 90 valence electrons. The van der Waals surface area contributed by atoms with Crippen molar-refractivity contribution in [2.45, 2.75) is 45.1 Å². The van der Waals surface area contributed by atoms with E-state index in [4.69, 9.17) is 11.6 Å². The van der Waals surface area contributed by atoms with Gasteiger partial charge in [0.15, 0.2) is 0 Å². The van der Waals surface area contributed by atoms with Gasteiger partial charge in [0.2, 0.25) is 0 Å². The number of hydrogen-bond acceptors (Lipinski definition) is 2. The highest BCUT2D eigenvalue weighted by atomic mass is 35.5. The molecule has 16 heavy (non-hydrogen) atoms. The Morgan fingerprint density at radius 3 is 2.94 bits per heavy atom. The van der Waals surface area contributed by atoms with Crippen molar-refractivity contribution in [3.63, 3.8) is 0 Å². The highest BCUT2D eigenvalue weighted by Gasteiger charge is 2.30. The van der Waals surface area contributed by atoms with Gasteiger partial charge in [-0.15, -0.1) is 11.3 Å². The maximum absolute atomic E-state index is 6.11. The minimum Gasteiger partial charge on any atom is -0.314 e. The van der Waals surface area contributed by atoms with Gasteiger partial charge in [-0.1, -0.05) is 18.5 Å². The number of halogens is 1. The second kappa shape index (κ2) is 6.04. The summed E-state index contributed by atoms with van der Waals surface area (Å²) in [6.07, 6.45) is 6.43. The lowest BCUT2D eigenvalue weighted by molar-refractivity contribution is 0.437. The van der Waals surface area contributed by atoms with Crippen LogP contribution in [0.2, 0.25) is 5.02 Å². The SMILES string of the molecule is CCCNC(CCc1sccc1Cl)C1CC1. The molecule has 0 amide bonds. The summed E-state index contributed by atoms with van der Waals surface area (Å²) < 4.78 is 0. The number of hydrogen-bond donors (Lipinski definition) is 1. The molecule has 1 aromatic heterocycles. The van der Waals surface area contributed by atoms with Gasteiger partial charge in [-0.3, -0.25) is 0 Å². The first-order valence-electron chi connectivity index (χ1n) is 6.26. The molecule has 3 heteroatoms. The predicted molar refractivity (Wildman–Crippen MR) is 72.5 cm³/mol. The minimum absolute atomic E-state index is 0.720.